The first kappa shape index (κ1) is 15.2. The normalized spacial score (nSPS) is 22.9. The molecule has 1 amide bonds. The lowest BCUT2D eigenvalue weighted by Crippen LogP contribution is -2.43. The predicted octanol–water partition coefficient (Wildman–Crippen LogP) is 0.647. The Morgan fingerprint density at radius 3 is 2.75 bits per heavy atom. The second-order valence-electron chi connectivity index (χ2n) is 4.66. The molecule has 0 aromatic carbocycles. The highest BCUT2D eigenvalue weighted by Crippen LogP contribution is 2.13. The molecule has 1 N–H and O–H groups in total. The van der Waals surface area contributed by atoms with Crippen molar-refractivity contribution in [3.05, 3.63) is 18.0 Å². The largest absolute Gasteiger partial charge is 0.378 e. The van der Waals surface area contributed by atoms with Crippen LogP contribution in [-0.4, -0.2) is 65.9 Å². The molecule has 0 unspecified atom stereocenters. The van der Waals surface area contributed by atoms with E-state index in [4.69, 9.17) is 4.74 Å². The van der Waals surface area contributed by atoms with Gasteiger partial charge in [0, 0.05) is 32.6 Å². The fourth-order valence-corrected chi connectivity index (χ4v) is 2.59. The van der Waals surface area contributed by atoms with Crippen LogP contribution < -0.4 is 5.32 Å². The van der Waals surface area contributed by atoms with Gasteiger partial charge in [0.1, 0.15) is 0 Å². The lowest BCUT2D eigenvalue weighted by Gasteiger charge is -2.18. The number of methoxy groups -OCH3 is 1. The van der Waals surface area contributed by atoms with E-state index >= 15 is 0 Å². The van der Waals surface area contributed by atoms with E-state index in [1.54, 1.807) is 19.5 Å². The minimum Gasteiger partial charge on any atom is -0.378 e. The van der Waals surface area contributed by atoms with Crippen molar-refractivity contribution in [3.8, 4) is 0 Å². The van der Waals surface area contributed by atoms with Crippen molar-refractivity contribution >= 4 is 17.7 Å². The second-order valence-corrected chi connectivity index (χ2v) is 5.44. The minimum atomic E-state index is -0.150. The van der Waals surface area contributed by atoms with Crippen LogP contribution >= 0.6 is 11.8 Å². The molecule has 1 aliphatic rings. The standard InChI is InChI=1S/C13H20N4O2S/c1-4-17-7-10(11(8-17)19-2)16-12(18)9-5-14-13(20-3)15-6-9/h5-6,10-11H,4,7-8H2,1-3H3,(H,16,18)/t10-,11-/m0/s1. The van der Waals surface area contributed by atoms with Crippen molar-refractivity contribution in [2.75, 3.05) is 33.0 Å². The smallest absolute Gasteiger partial charge is 0.254 e. The number of carbonyl (C=O) groups is 1. The topological polar surface area (TPSA) is 67.4 Å². The van der Waals surface area contributed by atoms with Crippen LogP contribution in [0.5, 0.6) is 0 Å². The lowest BCUT2D eigenvalue weighted by molar-refractivity contribution is 0.0761. The zero-order chi connectivity index (χ0) is 14.5. The highest BCUT2D eigenvalue weighted by Gasteiger charge is 2.33. The van der Waals surface area contributed by atoms with Gasteiger partial charge in [-0.05, 0) is 12.8 Å². The van der Waals surface area contributed by atoms with E-state index in [0.29, 0.717) is 10.7 Å². The van der Waals surface area contributed by atoms with Gasteiger partial charge in [-0.25, -0.2) is 9.97 Å². The van der Waals surface area contributed by atoms with Gasteiger partial charge in [-0.15, -0.1) is 0 Å². The molecule has 2 heterocycles. The number of carbonyl (C=O) groups excluding carboxylic acids is 1. The van der Waals surface area contributed by atoms with Gasteiger partial charge < -0.3 is 10.1 Å². The van der Waals surface area contributed by atoms with E-state index < -0.39 is 0 Å². The fraction of sp³-hybridized carbons (Fsp3) is 0.615. The SMILES string of the molecule is CCN1C[C@H](NC(=O)c2cnc(SC)nc2)[C@@H](OC)C1. The minimum absolute atomic E-state index is 0.00711. The molecule has 1 aliphatic heterocycles. The third-order valence-electron chi connectivity index (χ3n) is 3.48. The van der Waals surface area contributed by atoms with E-state index in [1.807, 2.05) is 6.26 Å². The molecule has 0 aliphatic carbocycles. The quantitative estimate of drug-likeness (QED) is 0.635. The molecule has 7 heteroatoms. The van der Waals surface area contributed by atoms with Gasteiger partial charge in [0.15, 0.2) is 5.16 Å². The van der Waals surface area contributed by atoms with Crippen LogP contribution in [0.3, 0.4) is 0 Å². The molecule has 0 radical (unpaired) electrons. The first-order chi connectivity index (χ1) is 9.67. The summed E-state index contributed by atoms with van der Waals surface area (Å²) in [6.45, 7) is 4.72. The maximum Gasteiger partial charge on any atom is 0.254 e. The number of rotatable bonds is 5. The summed E-state index contributed by atoms with van der Waals surface area (Å²) in [5.41, 5.74) is 0.479. The van der Waals surface area contributed by atoms with E-state index in [9.17, 15) is 4.79 Å². The van der Waals surface area contributed by atoms with Crippen molar-refractivity contribution in [2.45, 2.75) is 24.2 Å². The monoisotopic (exact) mass is 296 g/mol. The Bertz CT molecular complexity index is 454. The molecule has 0 spiro atoms. The molecule has 1 fully saturated rings. The summed E-state index contributed by atoms with van der Waals surface area (Å²) in [6.07, 6.45) is 5.05. The van der Waals surface area contributed by atoms with Gasteiger partial charge in [0.25, 0.3) is 5.91 Å². The molecule has 6 nitrogen and oxygen atoms in total. The molecule has 20 heavy (non-hydrogen) atoms. The average molecular weight is 296 g/mol. The van der Waals surface area contributed by atoms with Crippen LogP contribution in [0.15, 0.2) is 17.6 Å². The average Bonchev–Trinajstić information content (AvgIpc) is 2.89. The predicted molar refractivity (Wildman–Crippen MR) is 78.0 cm³/mol. The molecule has 1 aromatic heterocycles. The van der Waals surface area contributed by atoms with Crippen molar-refractivity contribution in [2.24, 2.45) is 0 Å². The van der Waals surface area contributed by atoms with Crippen molar-refractivity contribution in [1.29, 1.82) is 0 Å². The van der Waals surface area contributed by atoms with Crippen LogP contribution in [0.2, 0.25) is 0 Å². The van der Waals surface area contributed by atoms with Crippen LogP contribution in [0, 0.1) is 0 Å². The van der Waals surface area contributed by atoms with Gasteiger partial charge >= 0.3 is 0 Å². The molecule has 0 bridgehead atoms. The number of amides is 1. The number of hydrogen-bond acceptors (Lipinski definition) is 6. The fourth-order valence-electron chi connectivity index (χ4n) is 2.28. The second kappa shape index (κ2) is 7.01. The highest BCUT2D eigenvalue weighted by atomic mass is 32.2. The Balaban J connectivity index is 1.99. The van der Waals surface area contributed by atoms with Gasteiger partial charge in [0.2, 0.25) is 0 Å². The van der Waals surface area contributed by atoms with Gasteiger partial charge in [0.05, 0.1) is 17.7 Å². The van der Waals surface area contributed by atoms with Crippen LogP contribution in [0.4, 0.5) is 0 Å². The molecular formula is C13H20N4O2S. The van der Waals surface area contributed by atoms with Crippen LogP contribution in [0.25, 0.3) is 0 Å². The first-order valence-electron chi connectivity index (χ1n) is 6.60. The Labute approximate surface area is 123 Å². The highest BCUT2D eigenvalue weighted by molar-refractivity contribution is 7.98. The van der Waals surface area contributed by atoms with Crippen LogP contribution in [0.1, 0.15) is 17.3 Å². The Morgan fingerprint density at radius 2 is 2.20 bits per heavy atom. The van der Waals surface area contributed by atoms with Gasteiger partial charge in [-0.2, -0.15) is 0 Å². The van der Waals surface area contributed by atoms with E-state index in [-0.39, 0.29) is 18.1 Å². The summed E-state index contributed by atoms with van der Waals surface area (Å²) in [4.78, 5) is 22.7. The summed E-state index contributed by atoms with van der Waals surface area (Å²) in [5, 5.41) is 3.67. The van der Waals surface area contributed by atoms with Crippen molar-refractivity contribution in [1.82, 2.24) is 20.2 Å². The van der Waals surface area contributed by atoms with E-state index in [0.717, 1.165) is 19.6 Å². The summed E-state index contributed by atoms with van der Waals surface area (Å²) in [7, 11) is 1.68. The molecular weight excluding hydrogens is 276 g/mol. The maximum atomic E-state index is 12.2. The summed E-state index contributed by atoms with van der Waals surface area (Å²) >= 11 is 1.45. The molecule has 2 atom stereocenters. The van der Waals surface area contributed by atoms with Crippen molar-refractivity contribution < 1.29 is 9.53 Å². The van der Waals surface area contributed by atoms with Crippen LogP contribution in [-0.2, 0) is 4.74 Å². The lowest BCUT2D eigenvalue weighted by atomic mass is 10.2. The van der Waals surface area contributed by atoms with E-state index in [2.05, 4.69) is 27.1 Å². The third kappa shape index (κ3) is 3.47. The Morgan fingerprint density at radius 1 is 1.50 bits per heavy atom. The third-order valence-corrected chi connectivity index (χ3v) is 4.06. The summed E-state index contributed by atoms with van der Waals surface area (Å²) in [6, 6.07) is 0.00711. The molecule has 1 aromatic rings. The number of likely N-dealkylation sites (N-methyl/N-ethyl adjacent to an activating group) is 1. The van der Waals surface area contributed by atoms with Gasteiger partial charge in [-0.1, -0.05) is 18.7 Å². The Hall–Kier alpha value is -1.18. The van der Waals surface area contributed by atoms with E-state index in [1.165, 1.54) is 11.8 Å². The molecule has 0 saturated carbocycles. The van der Waals surface area contributed by atoms with Gasteiger partial charge in [-0.3, -0.25) is 9.69 Å². The zero-order valence-corrected chi connectivity index (χ0v) is 12.8. The number of nitrogens with zero attached hydrogens (tertiary/aromatic N) is 3. The number of aromatic nitrogens is 2. The first-order valence-corrected chi connectivity index (χ1v) is 7.82. The Kier molecular flexibility index (Phi) is 5.33. The number of hydrogen-bond donors (Lipinski definition) is 1. The zero-order valence-electron chi connectivity index (χ0n) is 12.0. The number of ether oxygens (including phenoxy) is 1. The van der Waals surface area contributed by atoms with Crippen molar-refractivity contribution in [3.63, 3.8) is 0 Å². The summed E-state index contributed by atoms with van der Waals surface area (Å²) < 4.78 is 5.44. The maximum absolute atomic E-state index is 12.2. The molecule has 110 valence electrons. The summed E-state index contributed by atoms with van der Waals surface area (Å²) in [5.74, 6) is -0.150. The number of nitrogens with one attached hydrogen (secondary N) is 1. The number of thioether (sulfide) groups is 1. The molecule has 2 rings (SSSR count). The molecule has 1 saturated heterocycles. The number of likely N-dealkylation sites (tertiary alicyclic amines) is 1.